The monoisotopic (exact) mass is 373 g/mol. The summed E-state index contributed by atoms with van der Waals surface area (Å²) in [7, 11) is 1.59. The molecule has 0 radical (unpaired) electrons. The lowest BCUT2D eigenvalue weighted by Crippen LogP contribution is -2.26. The third kappa shape index (κ3) is 2.80. The average molecular weight is 374 g/mol. The zero-order valence-corrected chi connectivity index (χ0v) is 16.8. The number of aromatic nitrogens is 3. The van der Waals surface area contributed by atoms with Crippen LogP contribution in [0.5, 0.6) is 5.75 Å². The van der Waals surface area contributed by atoms with E-state index < -0.39 is 0 Å². The van der Waals surface area contributed by atoms with Crippen molar-refractivity contribution in [3.8, 4) is 17.1 Å². The van der Waals surface area contributed by atoms with Crippen LogP contribution in [-0.2, 0) is 6.54 Å². The van der Waals surface area contributed by atoms with Crippen LogP contribution >= 0.6 is 11.6 Å². The van der Waals surface area contributed by atoms with Crippen molar-refractivity contribution in [3.05, 3.63) is 50.4 Å². The Morgan fingerprint density at radius 1 is 1.23 bits per heavy atom. The lowest BCUT2D eigenvalue weighted by molar-refractivity contribution is 0.415. The Balaban J connectivity index is 2.44. The maximum absolute atomic E-state index is 13.3. The molecule has 0 saturated heterocycles. The molecule has 0 amide bonds. The van der Waals surface area contributed by atoms with E-state index in [2.05, 4.69) is 13.8 Å². The summed E-state index contributed by atoms with van der Waals surface area (Å²) in [5.41, 5.74) is 4.24. The first-order chi connectivity index (χ1) is 12.3. The number of benzene rings is 1. The fraction of sp³-hybridized carbons (Fsp3) is 0.400. The number of methoxy groups -OCH3 is 1. The van der Waals surface area contributed by atoms with Crippen molar-refractivity contribution in [2.24, 2.45) is 0 Å². The SMILES string of the molecule is CCn1c(-c2cc(C)c(Cl)cc2OC)nn2c(C)cc(C(C)C)c2c1=O. The highest BCUT2D eigenvalue weighted by Gasteiger charge is 2.21. The number of ether oxygens (including phenoxy) is 1. The summed E-state index contributed by atoms with van der Waals surface area (Å²) in [6.45, 7) is 10.5. The highest BCUT2D eigenvalue weighted by Crippen LogP contribution is 2.34. The first kappa shape index (κ1) is 18.5. The van der Waals surface area contributed by atoms with Crippen molar-refractivity contribution in [3.63, 3.8) is 0 Å². The number of fused-ring (bicyclic) bond motifs is 1. The molecule has 5 nitrogen and oxygen atoms in total. The van der Waals surface area contributed by atoms with Gasteiger partial charge in [-0.3, -0.25) is 9.36 Å². The van der Waals surface area contributed by atoms with Gasteiger partial charge < -0.3 is 4.74 Å². The van der Waals surface area contributed by atoms with Gasteiger partial charge >= 0.3 is 0 Å². The van der Waals surface area contributed by atoms with E-state index in [9.17, 15) is 4.79 Å². The minimum Gasteiger partial charge on any atom is -0.496 e. The molecular formula is C20H24ClN3O2. The van der Waals surface area contributed by atoms with E-state index >= 15 is 0 Å². The molecule has 0 aliphatic heterocycles. The van der Waals surface area contributed by atoms with Crippen LogP contribution < -0.4 is 10.3 Å². The number of hydrogen-bond donors (Lipinski definition) is 0. The van der Waals surface area contributed by atoms with Gasteiger partial charge in [0, 0.05) is 17.3 Å². The third-order valence-electron chi connectivity index (χ3n) is 4.74. The smallest absolute Gasteiger partial charge is 0.278 e. The van der Waals surface area contributed by atoms with E-state index in [0.29, 0.717) is 28.7 Å². The molecule has 0 spiro atoms. The second kappa shape index (κ2) is 6.80. The van der Waals surface area contributed by atoms with Crippen LogP contribution in [0.3, 0.4) is 0 Å². The largest absolute Gasteiger partial charge is 0.496 e. The van der Waals surface area contributed by atoms with E-state index in [1.54, 1.807) is 22.3 Å². The summed E-state index contributed by atoms with van der Waals surface area (Å²) in [5, 5.41) is 5.44. The normalized spacial score (nSPS) is 11.5. The Kier molecular flexibility index (Phi) is 4.84. The summed E-state index contributed by atoms with van der Waals surface area (Å²) in [6, 6.07) is 5.73. The van der Waals surface area contributed by atoms with Gasteiger partial charge in [-0.25, -0.2) is 4.52 Å². The van der Waals surface area contributed by atoms with Crippen LogP contribution in [0.15, 0.2) is 23.0 Å². The molecule has 0 aliphatic rings. The van der Waals surface area contributed by atoms with Gasteiger partial charge in [-0.05, 0) is 56.0 Å². The van der Waals surface area contributed by atoms with Gasteiger partial charge in [-0.1, -0.05) is 25.4 Å². The molecule has 138 valence electrons. The molecule has 0 aliphatic carbocycles. The summed E-state index contributed by atoms with van der Waals surface area (Å²) >= 11 is 6.24. The molecule has 2 heterocycles. The molecule has 3 aromatic rings. The molecule has 0 atom stereocenters. The Morgan fingerprint density at radius 2 is 1.92 bits per heavy atom. The molecule has 2 aromatic heterocycles. The van der Waals surface area contributed by atoms with E-state index in [1.165, 1.54) is 0 Å². The van der Waals surface area contributed by atoms with Crippen molar-refractivity contribution in [2.75, 3.05) is 7.11 Å². The van der Waals surface area contributed by atoms with Gasteiger partial charge in [-0.15, -0.1) is 5.10 Å². The molecular weight excluding hydrogens is 350 g/mol. The zero-order chi connectivity index (χ0) is 19.2. The van der Waals surface area contributed by atoms with Crippen LogP contribution in [0.25, 0.3) is 16.9 Å². The van der Waals surface area contributed by atoms with Gasteiger partial charge in [0.05, 0.1) is 12.7 Å². The molecule has 0 fully saturated rings. The number of nitrogens with zero attached hydrogens (tertiary/aromatic N) is 3. The fourth-order valence-electron chi connectivity index (χ4n) is 3.31. The lowest BCUT2D eigenvalue weighted by Gasteiger charge is -2.16. The summed E-state index contributed by atoms with van der Waals surface area (Å²) in [6.07, 6.45) is 0. The molecule has 26 heavy (non-hydrogen) atoms. The summed E-state index contributed by atoms with van der Waals surface area (Å²) in [5.74, 6) is 1.43. The number of rotatable bonds is 4. The minimum absolute atomic E-state index is 0.0380. The Bertz CT molecular complexity index is 1050. The Labute approximate surface area is 158 Å². The minimum atomic E-state index is -0.0380. The Morgan fingerprint density at radius 3 is 2.50 bits per heavy atom. The molecule has 1 aromatic carbocycles. The van der Waals surface area contributed by atoms with Gasteiger partial charge in [0.2, 0.25) is 0 Å². The van der Waals surface area contributed by atoms with E-state index in [-0.39, 0.29) is 11.5 Å². The summed E-state index contributed by atoms with van der Waals surface area (Å²) in [4.78, 5) is 13.3. The molecule has 0 unspecified atom stereocenters. The van der Waals surface area contributed by atoms with E-state index in [0.717, 1.165) is 22.4 Å². The van der Waals surface area contributed by atoms with Crippen molar-refractivity contribution in [2.45, 2.75) is 47.1 Å². The lowest BCUT2D eigenvalue weighted by atomic mass is 10.1. The maximum atomic E-state index is 13.3. The third-order valence-corrected chi connectivity index (χ3v) is 5.15. The fourth-order valence-corrected chi connectivity index (χ4v) is 3.46. The first-order valence-electron chi connectivity index (χ1n) is 8.77. The van der Waals surface area contributed by atoms with Crippen LogP contribution in [0.1, 0.15) is 43.5 Å². The second-order valence-corrected chi connectivity index (χ2v) is 7.24. The van der Waals surface area contributed by atoms with E-state index in [4.69, 9.17) is 21.4 Å². The molecule has 3 rings (SSSR count). The zero-order valence-electron chi connectivity index (χ0n) is 16.1. The van der Waals surface area contributed by atoms with Crippen molar-refractivity contribution in [1.29, 1.82) is 0 Å². The van der Waals surface area contributed by atoms with Gasteiger partial charge in [0.1, 0.15) is 11.3 Å². The van der Waals surface area contributed by atoms with Crippen LogP contribution in [0.4, 0.5) is 0 Å². The summed E-state index contributed by atoms with van der Waals surface area (Å²) < 4.78 is 8.96. The molecule has 0 N–H and O–H groups in total. The molecule has 0 bridgehead atoms. The average Bonchev–Trinajstić information content (AvgIpc) is 2.94. The topological polar surface area (TPSA) is 48.5 Å². The highest BCUT2D eigenvalue weighted by molar-refractivity contribution is 6.31. The Hall–Kier alpha value is -2.27. The predicted molar refractivity (Wildman–Crippen MR) is 106 cm³/mol. The molecule has 6 heteroatoms. The van der Waals surface area contributed by atoms with Gasteiger partial charge in [0.25, 0.3) is 5.56 Å². The maximum Gasteiger partial charge on any atom is 0.278 e. The number of halogens is 1. The quantitative estimate of drug-likeness (QED) is 0.672. The van der Waals surface area contributed by atoms with Crippen molar-refractivity contribution in [1.82, 2.24) is 14.2 Å². The number of hydrogen-bond acceptors (Lipinski definition) is 3. The van der Waals surface area contributed by atoms with Gasteiger partial charge in [-0.2, -0.15) is 0 Å². The number of aryl methyl sites for hydroxylation is 2. The van der Waals surface area contributed by atoms with Crippen LogP contribution in [0.2, 0.25) is 5.02 Å². The predicted octanol–water partition coefficient (Wildman–Crippen LogP) is 4.59. The van der Waals surface area contributed by atoms with Gasteiger partial charge in [0.15, 0.2) is 5.82 Å². The first-order valence-corrected chi connectivity index (χ1v) is 9.15. The van der Waals surface area contributed by atoms with Crippen molar-refractivity contribution >= 4 is 17.1 Å². The molecule has 0 saturated carbocycles. The standard InChI is InChI=1S/C20H24ClN3O2/c1-7-23-19(15-8-12(4)16(21)10-17(15)26-6)22-24-13(5)9-14(11(2)3)18(24)20(23)25/h8-11H,7H2,1-6H3. The van der Waals surface area contributed by atoms with Crippen LogP contribution in [-0.4, -0.2) is 21.3 Å². The van der Waals surface area contributed by atoms with E-state index in [1.807, 2.05) is 32.9 Å². The highest BCUT2D eigenvalue weighted by atomic mass is 35.5. The second-order valence-electron chi connectivity index (χ2n) is 6.83. The van der Waals surface area contributed by atoms with Crippen molar-refractivity contribution < 1.29 is 4.74 Å². The van der Waals surface area contributed by atoms with Crippen LogP contribution in [0, 0.1) is 13.8 Å².